The summed E-state index contributed by atoms with van der Waals surface area (Å²) in [5.74, 6) is 7.65. The van der Waals surface area contributed by atoms with Crippen molar-refractivity contribution in [1.29, 1.82) is 0 Å². The number of fused-ring (bicyclic) bond motifs is 2. The molecule has 3 N–H and O–H groups in total. The molecule has 1 aromatic carbocycles. The summed E-state index contributed by atoms with van der Waals surface area (Å²) in [6, 6.07) is 12.1. The number of benzene rings is 1. The molecule has 2 aliphatic heterocycles. The molecule has 4 heterocycles. The molecule has 1 fully saturated rings. The van der Waals surface area contributed by atoms with Crippen LogP contribution in [0.3, 0.4) is 0 Å². The van der Waals surface area contributed by atoms with Crippen molar-refractivity contribution in [3.8, 4) is 10.6 Å². The number of quaternary nitrogens is 1. The number of halogens is 1. The average molecular weight is 449 g/mol. The summed E-state index contributed by atoms with van der Waals surface area (Å²) in [5, 5.41) is 13.3. The predicted octanol–water partition coefficient (Wildman–Crippen LogP) is 4.61. The topological polar surface area (TPSA) is 83.9 Å². The number of thiophene rings is 1. The summed E-state index contributed by atoms with van der Waals surface area (Å²) >= 11 is 8.57. The Morgan fingerprint density at radius 1 is 1.16 bits per heavy atom. The van der Waals surface area contributed by atoms with Crippen LogP contribution in [0.4, 0.5) is 0 Å². The standard InChI is InChI=1S/C23H19ClN5OS/c24-20-16(5-3-13-4-6-17(27-22(13)20)19-2-1-9-31-19)23-28-21(14-10-15(30)11-14)18-12-26-7-8-29(18,23)25/h1-9,12,14-15,30H,10-11,25H2/q+1. The third kappa shape index (κ3) is 2.86. The zero-order valence-electron chi connectivity index (χ0n) is 16.4. The van der Waals surface area contributed by atoms with Crippen LogP contribution < -0.4 is 5.84 Å². The number of nitrogens with two attached hydrogens (primary N) is 1. The zero-order chi connectivity index (χ0) is 21.2. The van der Waals surface area contributed by atoms with Crippen LogP contribution in [0.1, 0.15) is 18.4 Å². The van der Waals surface area contributed by atoms with Gasteiger partial charge in [0, 0.05) is 11.3 Å². The lowest BCUT2D eigenvalue weighted by Crippen LogP contribution is -2.53. The number of rotatable bonds is 3. The number of hydrogen-bond donors (Lipinski definition) is 2. The van der Waals surface area contributed by atoms with Gasteiger partial charge in [0.1, 0.15) is 11.9 Å². The minimum absolute atomic E-state index is 0.0821. The number of amidine groups is 1. The molecule has 3 aliphatic rings. The first-order valence-corrected chi connectivity index (χ1v) is 11.3. The van der Waals surface area contributed by atoms with Gasteiger partial charge in [-0.05, 0) is 36.4 Å². The van der Waals surface area contributed by atoms with Crippen LogP contribution in [0.25, 0.3) is 21.5 Å². The molecule has 1 unspecified atom stereocenters. The molecule has 0 saturated heterocycles. The average Bonchev–Trinajstić information content (AvgIpc) is 3.38. The maximum Gasteiger partial charge on any atom is 0.266 e. The molecule has 31 heavy (non-hydrogen) atoms. The second-order valence-corrected chi connectivity index (χ2v) is 9.38. The van der Waals surface area contributed by atoms with Crippen molar-refractivity contribution in [3.05, 3.63) is 76.2 Å². The van der Waals surface area contributed by atoms with Crippen molar-refractivity contribution in [1.82, 2.24) is 4.98 Å². The SMILES string of the molecule is N[N+]12C=CN=CC1=C(C1CC(O)C1)N=C2c1ccc2ccc(-c3cccs3)nc2c1Cl. The number of pyridine rings is 1. The molecule has 1 aliphatic carbocycles. The highest BCUT2D eigenvalue weighted by molar-refractivity contribution is 7.13. The van der Waals surface area contributed by atoms with Crippen molar-refractivity contribution in [2.24, 2.45) is 21.7 Å². The van der Waals surface area contributed by atoms with Crippen molar-refractivity contribution in [2.75, 3.05) is 0 Å². The number of aliphatic hydroxyl groups is 1. The number of allylic oxidation sites excluding steroid dienone is 2. The van der Waals surface area contributed by atoms with Crippen molar-refractivity contribution < 1.29 is 9.70 Å². The van der Waals surface area contributed by atoms with Crippen molar-refractivity contribution in [2.45, 2.75) is 18.9 Å². The van der Waals surface area contributed by atoms with Gasteiger partial charge in [0.25, 0.3) is 5.84 Å². The van der Waals surface area contributed by atoms with Crippen LogP contribution in [-0.4, -0.2) is 32.8 Å². The van der Waals surface area contributed by atoms with E-state index in [0.717, 1.165) is 38.4 Å². The molecule has 0 radical (unpaired) electrons. The van der Waals surface area contributed by atoms with Crippen molar-refractivity contribution in [3.63, 3.8) is 0 Å². The Hall–Kier alpha value is -2.68. The lowest BCUT2D eigenvalue weighted by atomic mass is 9.79. The second kappa shape index (κ2) is 6.91. The van der Waals surface area contributed by atoms with E-state index in [4.69, 9.17) is 27.4 Å². The normalized spacial score (nSPS) is 26.9. The predicted molar refractivity (Wildman–Crippen MR) is 124 cm³/mol. The monoisotopic (exact) mass is 448 g/mol. The van der Waals surface area contributed by atoms with Crippen LogP contribution in [0, 0.1) is 5.92 Å². The summed E-state index contributed by atoms with van der Waals surface area (Å²) in [6.07, 6.45) is 6.34. The van der Waals surface area contributed by atoms with Crippen molar-refractivity contribution >= 4 is 45.9 Å². The number of aliphatic hydroxyl groups excluding tert-OH is 1. The first kappa shape index (κ1) is 19.0. The molecule has 1 saturated carbocycles. The van der Waals surface area contributed by atoms with E-state index in [2.05, 4.69) is 4.99 Å². The molecular formula is C23H19ClN5OS+. The van der Waals surface area contributed by atoms with E-state index in [1.165, 1.54) is 0 Å². The quantitative estimate of drug-likeness (QED) is 0.453. The van der Waals surface area contributed by atoms with Gasteiger partial charge in [0.2, 0.25) is 5.70 Å². The van der Waals surface area contributed by atoms with Crippen LogP contribution in [0.15, 0.2) is 75.6 Å². The first-order valence-electron chi connectivity index (χ1n) is 10.1. The minimum Gasteiger partial charge on any atom is -0.393 e. The molecule has 0 bridgehead atoms. The van der Waals surface area contributed by atoms with Crippen LogP contribution in [-0.2, 0) is 0 Å². The largest absolute Gasteiger partial charge is 0.393 e. The Bertz CT molecular complexity index is 1340. The van der Waals surface area contributed by atoms with Crippen LogP contribution in [0.5, 0.6) is 0 Å². The third-order valence-corrected chi connectivity index (χ3v) is 7.41. The van der Waals surface area contributed by atoms with E-state index in [0.29, 0.717) is 23.7 Å². The Balaban J connectivity index is 1.50. The highest BCUT2D eigenvalue weighted by atomic mass is 35.5. The van der Waals surface area contributed by atoms with Gasteiger partial charge < -0.3 is 5.11 Å². The summed E-state index contributed by atoms with van der Waals surface area (Å²) in [6.45, 7) is 0. The zero-order valence-corrected chi connectivity index (χ0v) is 18.0. The van der Waals surface area contributed by atoms with Gasteiger partial charge in [-0.2, -0.15) is 10.8 Å². The highest BCUT2D eigenvalue weighted by Crippen LogP contribution is 2.43. The molecule has 3 aromatic rings. The number of aliphatic imine (C=N–C) groups is 2. The smallest absolute Gasteiger partial charge is 0.266 e. The summed E-state index contributed by atoms with van der Waals surface area (Å²) in [4.78, 5) is 15.2. The molecule has 0 spiro atoms. The van der Waals surface area contributed by atoms with Gasteiger partial charge in [-0.25, -0.2) is 4.98 Å². The number of nitrogens with zero attached hydrogens (tertiary/aromatic N) is 4. The highest BCUT2D eigenvalue weighted by Gasteiger charge is 2.48. The Kier molecular flexibility index (Phi) is 4.25. The summed E-state index contributed by atoms with van der Waals surface area (Å²) in [5.41, 5.74) is 4.07. The van der Waals surface area contributed by atoms with Gasteiger partial charge in [0.05, 0.1) is 45.2 Å². The molecule has 154 valence electrons. The molecule has 0 amide bonds. The van der Waals surface area contributed by atoms with E-state index in [9.17, 15) is 5.11 Å². The molecule has 6 rings (SSSR count). The molecule has 2 aromatic heterocycles. The number of hydrogen-bond acceptors (Lipinski definition) is 6. The van der Waals surface area contributed by atoms with Gasteiger partial charge in [0.15, 0.2) is 0 Å². The van der Waals surface area contributed by atoms with E-state index in [-0.39, 0.29) is 16.6 Å². The first-order chi connectivity index (χ1) is 15.0. The van der Waals surface area contributed by atoms with Gasteiger partial charge >= 0.3 is 0 Å². The van der Waals surface area contributed by atoms with E-state index >= 15 is 0 Å². The third-order valence-electron chi connectivity index (χ3n) is 6.14. The maximum absolute atomic E-state index is 9.81. The minimum atomic E-state index is -0.280. The second-order valence-electron chi connectivity index (χ2n) is 8.05. The van der Waals surface area contributed by atoms with E-state index in [1.54, 1.807) is 23.8 Å². The fraction of sp³-hybridized carbons (Fsp3) is 0.174. The Morgan fingerprint density at radius 3 is 2.77 bits per heavy atom. The Morgan fingerprint density at radius 2 is 2.00 bits per heavy atom. The van der Waals surface area contributed by atoms with Crippen LogP contribution >= 0.6 is 22.9 Å². The molecule has 1 atom stereocenters. The maximum atomic E-state index is 9.81. The summed E-state index contributed by atoms with van der Waals surface area (Å²) in [7, 11) is 0. The fourth-order valence-corrected chi connectivity index (χ4v) is 5.38. The molecule has 6 nitrogen and oxygen atoms in total. The van der Waals surface area contributed by atoms with Gasteiger partial charge in [-0.3, -0.25) is 4.99 Å². The molecule has 8 heteroatoms. The van der Waals surface area contributed by atoms with Crippen LogP contribution in [0.2, 0.25) is 5.02 Å². The van der Waals surface area contributed by atoms with E-state index in [1.807, 2.05) is 48.0 Å². The molecular weight excluding hydrogens is 430 g/mol. The summed E-state index contributed by atoms with van der Waals surface area (Å²) < 4.78 is -0.0821. The fourth-order valence-electron chi connectivity index (χ4n) is 4.39. The van der Waals surface area contributed by atoms with E-state index < -0.39 is 0 Å². The number of aromatic nitrogens is 1. The Labute approximate surface area is 187 Å². The lowest BCUT2D eigenvalue weighted by molar-refractivity contribution is -0.750. The lowest BCUT2D eigenvalue weighted by Gasteiger charge is -2.31. The van der Waals surface area contributed by atoms with Gasteiger partial charge in [-0.15, -0.1) is 15.9 Å². The van der Waals surface area contributed by atoms with Gasteiger partial charge in [-0.1, -0.05) is 29.8 Å².